The highest BCUT2D eigenvalue weighted by Gasteiger charge is 2.13. The molecule has 0 radical (unpaired) electrons. The lowest BCUT2D eigenvalue weighted by Gasteiger charge is -2.18. The smallest absolute Gasteiger partial charge is 0.240 e. The number of hydrogen-bond donors (Lipinski definition) is 0. The zero-order chi connectivity index (χ0) is 16.9. The Balaban J connectivity index is 1.64. The Morgan fingerprint density at radius 2 is 1.96 bits per heavy atom. The molecule has 0 bridgehead atoms. The molecule has 2 heterocycles. The van der Waals surface area contributed by atoms with Gasteiger partial charge in [-0.3, -0.25) is 4.90 Å². The van der Waals surface area contributed by atoms with Crippen LogP contribution in [0.1, 0.15) is 44.0 Å². The first-order valence-corrected chi connectivity index (χ1v) is 8.27. The van der Waals surface area contributed by atoms with E-state index in [1.54, 1.807) is 12.5 Å². The van der Waals surface area contributed by atoms with Crippen LogP contribution in [0.25, 0.3) is 5.69 Å². The molecule has 0 aliphatic rings. The SMILES string of the molecule is CCN(Cc1ccc(-n2ccnc2)cc1)Cc1nc(C(C)C)no1. The van der Waals surface area contributed by atoms with Crippen molar-refractivity contribution in [1.82, 2.24) is 24.6 Å². The van der Waals surface area contributed by atoms with Crippen LogP contribution in [0.4, 0.5) is 0 Å². The number of hydrogen-bond acceptors (Lipinski definition) is 5. The Hall–Kier alpha value is -2.47. The number of aromatic nitrogens is 4. The third-order valence-corrected chi connectivity index (χ3v) is 3.95. The van der Waals surface area contributed by atoms with Gasteiger partial charge in [0.2, 0.25) is 5.89 Å². The first-order valence-electron chi connectivity index (χ1n) is 8.27. The molecule has 6 nitrogen and oxygen atoms in total. The number of imidazole rings is 1. The van der Waals surface area contributed by atoms with Gasteiger partial charge in [-0.2, -0.15) is 4.98 Å². The van der Waals surface area contributed by atoms with E-state index in [4.69, 9.17) is 4.52 Å². The summed E-state index contributed by atoms with van der Waals surface area (Å²) in [6, 6.07) is 8.50. The molecule has 3 aromatic rings. The van der Waals surface area contributed by atoms with E-state index < -0.39 is 0 Å². The second-order valence-corrected chi connectivity index (χ2v) is 6.14. The van der Waals surface area contributed by atoms with Crippen LogP contribution >= 0.6 is 0 Å². The third-order valence-electron chi connectivity index (χ3n) is 3.95. The van der Waals surface area contributed by atoms with E-state index in [0.717, 1.165) is 24.6 Å². The Bertz CT molecular complexity index is 746. The van der Waals surface area contributed by atoms with Gasteiger partial charge in [0.25, 0.3) is 0 Å². The molecule has 2 aromatic heterocycles. The molecule has 0 fully saturated rings. The molecule has 24 heavy (non-hydrogen) atoms. The normalized spacial score (nSPS) is 11.5. The van der Waals surface area contributed by atoms with Gasteiger partial charge in [-0.1, -0.05) is 38.1 Å². The fourth-order valence-corrected chi connectivity index (χ4v) is 2.48. The summed E-state index contributed by atoms with van der Waals surface area (Å²) in [6.45, 7) is 8.70. The van der Waals surface area contributed by atoms with E-state index in [1.807, 2.05) is 10.8 Å². The van der Waals surface area contributed by atoms with Crippen molar-refractivity contribution in [3.8, 4) is 5.69 Å². The van der Waals surface area contributed by atoms with Gasteiger partial charge in [-0.15, -0.1) is 0 Å². The predicted molar refractivity (Wildman–Crippen MR) is 91.7 cm³/mol. The molecule has 3 rings (SSSR count). The molecule has 0 spiro atoms. The quantitative estimate of drug-likeness (QED) is 0.666. The maximum atomic E-state index is 5.35. The molecule has 1 aromatic carbocycles. The molecule has 0 N–H and O–H groups in total. The average molecular weight is 325 g/mol. The molecular formula is C18H23N5O. The van der Waals surface area contributed by atoms with Gasteiger partial charge in [0.05, 0.1) is 12.9 Å². The maximum Gasteiger partial charge on any atom is 0.240 e. The zero-order valence-corrected chi connectivity index (χ0v) is 14.4. The van der Waals surface area contributed by atoms with E-state index in [2.05, 4.69) is 65.1 Å². The molecule has 0 unspecified atom stereocenters. The molecule has 0 saturated carbocycles. The predicted octanol–water partition coefficient (Wildman–Crippen LogP) is 3.40. The molecule has 6 heteroatoms. The van der Waals surface area contributed by atoms with Crippen LogP contribution in [0, 0.1) is 0 Å². The maximum absolute atomic E-state index is 5.35. The summed E-state index contributed by atoms with van der Waals surface area (Å²) in [6.07, 6.45) is 5.52. The average Bonchev–Trinajstić information content (AvgIpc) is 3.26. The van der Waals surface area contributed by atoms with Gasteiger partial charge in [0.1, 0.15) is 0 Å². The number of benzene rings is 1. The minimum Gasteiger partial charge on any atom is -0.338 e. The van der Waals surface area contributed by atoms with Crippen molar-refractivity contribution in [1.29, 1.82) is 0 Å². The summed E-state index contributed by atoms with van der Waals surface area (Å²) < 4.78 is 7.34. The highest BCUT2D eigenvalue weighted by Crippen LogP contribution is 2.14. The van der Waals surface area contributed by atoms with Crippen LogP contribution in [0.3, 0.4) is 0 Å². The van der Waals surface area contributed by atoms with Crippen LogP contribution in [0.2, 0.25) is 0 Å². The van der Waals surface area contributed by atoms with Crippen molar-refractivity contribution in [3.05, 3.63) is 60.3 Å². The lowest BCUT2D eigenvalue weighted by molar-refractivity contribution is 0.228. The first kappa shape index (κ1) is 16.4. The van der Waals surface area contributed by atoms with Gasteiger partial charge in [0.15, 0.2) is 5.82 Å². The summed E-state index contributed by atoms with van der Waals surface area (Å²) in [7, 11) is 0. The van der Waals surface area contributed by atoms with Gasteiger partial charge in [-0.05, 0) is 24.2 Å². The monoisotopic (exact) mass is 325 g/mol. The fraction of sp³-hybridized carbons (Fsp3) is 0.389. The molecule has 0 saturated heterocycles. The molecule has 0 atom stereocenters. The molecular weight excluding hydrogens is 302 g/mol. The molecule has 0 amide bonds. The van der Waals surface area contributed by atoms with Crippen molar-refractivity contribution >= 4 is 0 Å². The Morgan fingerprint density at radius 1 is 1.17 bits per heavy atom. The first-order chi connectivity index (χ1) is 11.7. The number of nitrogens with zero attached hydrogens (tertiary/aromatic N) is 5. The van der Waals surface area contributed by atoms with Crippen LogP contribution in [0.5, 0.6) is 0 Å². The van der Waals surface area contributed by atoms with E-state index in [0.29, 0.717) is 12.4 Å². The van der Waals surface area contributed by atoms with Gasteiger partial charge in [0, 0.05) is 30.5 Å². The van der Waals surface area contributed by atoms with Crippen molar-refractivity contribution in [2.24, 2.45) is 0 Å². The van der Waals surface area contributed by atoms with Crippen molar-refractivity contribution in [3.63, 3.8) is 0 Å². The number of rotatable bonds is 7. The van der Waals surface area contributed by atoms with Crippen LogP contribution in [-0.2, 0) is 13.1 Å². The highest BCUT2D eigenvalue weighted by atomic mass is 16.5. The van der Waals surface area contributed by atoms with Crippen LogP contribution in [0.15, 0.2) is 47.5 Å². The lowest BCUT2D eigenvalue weighted by atomic mass is 10.2. The Labute approximate surface area is 142 Å². The summed E-state index contributed by atoms with van der Waals surface area (Å²) in [5.74, 6) is 1.73. The summed E-state index contributed by atoms with van der Waals surface area (Å²) >= 11 is 0. The van der Waals surface area contributed by atoms with E-state index in [1.165, 1.54) is 5.56 Å². The Kier molecular flexibility index (Phi) is 5.05. The summed E-state index contributed by atoms with van der Waals surface area (Å²) in [5, 5.41) is 4.03. The van der Waals surface area contributed by atoms with E-state index in [-0.39, 0.29) is 5.92 Å². The van der Waals surface area contributed by atoms with Crippen LogP contribution < -0.4 is 0 Å². The van der Waals surface area contributed by atoms with Gasteiger partial charge >= 0.3 is 0 Å². The lowest BCUT2D eigenvalue weighted by Crippen LogP contribution is -2.22. The zero-order valence-electron chi connectivity index (χ0n) is 14.4. The molecule has 126 valence electrons. The summed E-state index contributed by atoms with van der Waals surface area (Å²) in [5.41, 5.74) is 2.36. The van der Waals surface area contributed by atoms with E-state index >= 15 is 0 Å². The van der Waals surface area contributed by atoms with Gasteiger partial charge < -0.3 is 9.09 Å². The fourth-order valence-electron chi connectivity index (χ4n) is 2.48. The van der Waals surface area contributed by atoms with Crippen molar-refractivity contribution in [2.75, 3.05) is 6.54 Å². The van der Waals surface area contributed by atoms with Crippen molar-refractivity contribution < 1.29 is 4.52 Å². The standard InChI is InChI=1S/C18H23N5O/c1-4-22(12-17-20-18(14(2)3)21-24-17)11-15-5-7-16(8-6-15)23-10-9-19-13-23/h5-10,13-14H,4,11-12H2,1-3H3. The second kappa shape index (κ2) is 7.40. The second-order valence-electron chi connectivity index (χ2n) is 6.14. The third kappa shape index (κ3) is 3.89. The molecule has 0 aliphatic heterocycles. The highest BCUT2D eigenvalue weighted by molar-refractivity contribution is 5.34. The topological polar surface area (TPSA) is 60.0 Å². The largest absolute Gasteiger partial charge is 0.338 e. The summed E-state index contributed by atoms with van der Waals surface area (Å²) in [4.78, 5) is 10.8. The molecule has 0 aliphatic carbocycles. The van der Waals surface area contributed by atoms with E-state index in [9.17, 15) is 0 Å². The van der Waals surface area contributed by atoms with Crippen molar-refractivity contribution in [2.45, 2.75) is 39.8 Å². The Morgan fingerprint density at radius 3 is 2.54 bits per heavy atom. The minimum atomic E-state index is 0.285. The van der Waals surface area contributed by atoms with Crippen LogP contribution in [-0.4, -0.2) is 31.1 Å². The minimum absolute atomic E-state index is 0.285. The van der Waals surface area contributed by atoms with Gasteiger partial charge in [-0.25, -0.2) is 4.98 Å².